The highest BCUT2D eigenvalue weighted by molar-refractivity contribution is 6.32. The lowest BCUT2D eigenvalue weighted by Gasteiger charge is -2.22. The minimum Gasteiger partial charge on any atom is -0.487 e. The number of carboxylic acids is 1. The van der Waals surface area contributed by atoms with Crippen LogP contribution in [0.4, 0.5) is 10.5 Å². The number of benzene rings is 1. The molecule has 0 heterocycles. The number of halogens is 1. The summed E-state index contributed by atoms with van der Waals surface area (Å²) in [4.78, 5) is 22.8. The van der Waals surface area contributed by atoms with Crippen LogP contribution in [0.1, 0.15) is 20.8 Å². The molecule has 0 saturated carbocycles. The fraction of sp³-hybridized carbons (Fsp3) is 0.429. The minimum absolute atomic E-state index is 0.168. The Balaban J connectivity index is 2.70. The summed E-state index contributed by atoms with van der Waals surface area (Å²) in [6.45, 7) is 4.67. The summed E-state index contributed by atoms with van der Waals surface area (Å²) in [5.74, 6) is -1.10. The summed E-state index contributed by atoms with van der Waals surface area (Å²) < 4.78 is 10.3. The summed E-state index contributed by atoms with van der Waals surface area (Å²) >= 11 is 5.92. The molecule has 1 amide bonds. The Morgan fingerprint density at radius 2 is 2.05 bits per heavy atom. The van der Waals surface area contributed by atoms with E-state index in [-0.39, 0.29) is 23.1 Å². The van der Waals surface area contributed by atoms with Crippen LogP contribution in [0.25, 0.3) is 0 Å². The van der Waals surface area contributed by atoms with E-state index in [9.17, 15) is 9.59 Å². The van der Waals surface area contributed by atoms with Crippen LogP contribution in [0.5, 0.6) is 5.75 Å². The van der Waals surface area contributed by atoms with Gasteiger partial charge in [0.25, 0.3) is 0 Å². The molecular formula is C14H19ClN2O5. The number of alkyl carbamates (subject to hydrolysis) is 1. The van der Waals surface area contributed by atoms with Gasteiger partial charge in [-0.05, 0) is 32.9 Å². The number of carbonyl (C=O) groups is 2. The van der Waals surface area contributed by atoms with Crippen molar-refractivity contribution in [3.63, 3.8) is 0 Å². The molecule has 1 atom stereocenters. The van der Waals surface area contributed by atoms with Crippen LogP contribution in [0.2, 0.25) is 5.02 Å². The van der Waals surface area contributed by atoms with E-state index in [0.717, 1.165) is 0 Å². The number of hydrogen-bond donors (Lipinski definition) is 3. The second kappa shape index (κ2) is 7.22. The third kappa shape index (κ3) is 5.69. The van der Waals surface area contributed by atoms with Crippen molar-refractivity contribution in [2.75, 3.05) is 12.3 Å². The van der Waals surface area contributed by atoms with Crippen LogP contribution >= 0.6 is 11.6 Å². The largest absolute Gasteiger partial charge is 0.487 e. The molecule has 7 nitrogen and oxygen atoms in total. The maximum atomic E-state index is 11.6. The molecule has 122 valence electrons. The van der Waals surface area contributed by atoms with Gasteiger partial charge in [-0.15, -0.1) is 0 Å². The van der Waals surface area contributed by atoms with Crippen molar-refractivity contribution in [3.05, 3.63) is 23.2 Å². The molecule has 8 heteroatoms. The zero-order valence-electron chi connectivity index (χ0n) is 12.6. The molecule has 0 aliphatic carbocycles. The summed E-state index contributed by atoms with van der Waals surface area (Å²) in [5.41, 5.74) is 5.24. The molecule has 1 unspecified atom stereocenters. The third-order valence-electron chi connectivity index (χ3n) is 2.38. The minimum atomic E-state index is -1.30. The highest BCUT2D eigenvalue weighted by Gasteiger charge is 2.25. The van der Waals surface area contributed by atoms with Crippen LogP contribution < -0.4 is 15.8 Å². The van der Waals surface area contributed by atoms with Crippen LogP contribution in [0, 0.1) is 0 Å². The zero-order valence-corrected chi connectivity index (χ0v) is 13.3. The van der Waals surface area contributed by atoms with Crippen molar-refractivity contribution < 1.29 is 24.2 Å². The van der Waals surface area contributed by atoms with E-state index < -0.39 is 23.7 Å². The van der Waals surface area contributed by atoms with E-state index in [2.05, 4.69) is 5.32 Å². The average molecular weight is 331 g/mol. The van der Waals surface area contributed by atoms with Crippen molar-refractivity contribution >= 4 is 29.4 Å². The number of hydrogen-bond acceptors (Lipinski definition) is 5. The topological polar surface area (TPSA) is 111 Å². The molecule has 0 spiro atoms. The van der Waals surface area contributed by atoms with E-state index in [1.54, 1.807) is 39.0 Å². The molecule has 1 aromatic carbocycles. The first kappa shape index (κ1) is 17.9. The van der Waals surface area contributed by atoms with Gasteiger partial charge in [-0.3, -0.25) is 0 Å². The smallest absolute Gasteiger partial charge is 0.408 e. The van der Waals surface area contributed by atoms with Crippen LogP contribution in [-0.4, -0.2) is 35.4 Å². The number of para-hydroxylation sites is 1. The number of carbonyl (C=O) groups excluding carboxylic acids is 1. The second-order valence-corrected chi connectivity index (χ2v) is 5.91. The predicted molar refractivity (Wildman–Crippen MR) is 82.2 cm³/mol. The summed E-state index contributed by atoms with van der Waals surface area (Å²) in [5, 5.41) is 11.6. The van der Waals surface area contributed by atoms with Gasteiger partial charge in [0.15, 0.2) is 11.8 Å². The first-order chi connectivity index (χ1) is 10.1. The first-order valence-electron chi connectivity index (χ1n) is 6.49. The van der Waals surface area contributed by atoms with Gasteiger partial charge in [0.2, 0.25) is 0 Å². The first-order valence-corrected chi connectivity index (χ1v) is 6.87. The molecule has 0 aromatic heterocycles. The Hall–Kier alpha value is -2.15. The fourth-order valence-corrected chi connectivity index (χ4v) is 1.71. The number of nitrogen functional groups attached to an aromatic ring is 1. The lowest BCUT2D eigenvalue weighted by Crippen LogP contribution is -2.46. The maximum Gasteiger partial charge on any atom is 0.408 e. The van der Waals surface area contributed by atoms with Crippen LogP contribution in [0.15, 0.2) is 18.2 Å². The third-order valence-corrected chi connectivity index (χ3v) is 2.68. The Kier molecular flexibility index (Phi) is 5.87. The van der Waals surface area contributed by atoms with E-state index in [0.29, 0.717) is 0 Å². The van der Waals surface area contributed by atoms with Gasteiger partial charge in [0.05, 0.1) is 10.7 Å². The number of nitrogens with one attached hydrogen (secondary N) is 1. The van der Waals surface area contributed by atoms with Gasteiger partial charge >= 0.3 is 12.1 Å². The molecule has 0 radical (unpaired) electrons. The molecule has 0 aliphatic heterocycles. The van der Waals surface area contributed by atoms with Crippen molar-refractivity contribution in [2.45, 2.75) is 32.4 Å². The zero-order chi connectivity index (χ0) is 16.9. The maximum absolute atomic E-state index is 11.6. The van der Waals surface area contributed by atoms with Gasteiger partial charge in [0.1, 0.15) is 12.2 Å². The Morgan fingerprint density at radius 3 is 2.55 bits per heavy atom. The van der Waals surface area contributed by atoms with Gasteiger partial charge < -0.3 is 25.6 Å². The Morgan fingerprint density at radius 1 is 1.41 bits per heavy atom. The number of rotatable bonds is 5. The molecule has 0 bridgehead atoms. The molecule has 0 fully saturated rings. The van der Waals surface area contributed by atoms with Gasteiger partial charge in [0, 0.05) is 0 Å². The van der Waals surface area contributed by atoms with E-state index in [1.165, 1.54) is 0 Å². The monoisotopic (exact) mass is 330 g/mol. The van der Waals surface area contributed by atoms with Gasteiger partial charge in [-0.1, -0.05) is 17.7 Å². The van der Waals surface area contributed by atoms with Crippen molar-refractivity contribution in [3.8, 4) is 5.75 Å². The molecule has 0 saturated heterocycles. The molecule has 22 heavy (non-hydrogen) atoms. The average Bonchev–Trinajstić information content (AvgIpc) is 2.34. The van der Waals surface area contributed by atoms with Crippen molar-refractivity contribution in [1.82, 2.24) is 5.32 Å². The fourth-order valence-electron chi connectivity index (χ4n) is 1.47. The van der Waals surface area contributed by atoms with Gasteiger partial charge in [-0.2, -0.15) is 0 Å². The molecule has 1 rings (SSSR count). The van der Waals surface area contributed by atoms with E-state index >= 15 is 0 Å². The molecule has 0 aliphatic rings. The van der Waals surface area contributed by atoms with Crippen LogP contribution in [-0.2, 0) is 9.53 Å². The SMILES string of the molecule is CC(C)(C)OC(=O)NC(COc1c(N)cccc1Cl)C(=O)O. The molecule has 1 aromatic rings. The lowest BCUT2D eigenvalue weighted by molar-refractivity contribution is -0.140. The van der Waals surface area contributed by atoms with Crippen molar-refractivity contribution in [2.24, 2.45) is 0 Å². The highest BCUT2D eigenvalue weighted by Crippen LogP contribution is 2.30. The van der Waals surface area contributed by atoms with Gasteiger partial charge in [-0.25, -0.2) is 9.59 Å². The summed E-state index contributed by atoms with van der Waals surface area (Å²) in [7, 11) is 0. The predicted octanol–water partition coefficient (Wildman–Crippen LogP) is 2.28. The Bertz CT molecular complexity index is 536. The van der Waals surface area contributed by atoms with E-state index in [1.807, 2.05) is 0 Å². The van der Waals surface area contributed by atoms with E-state index in [4.69, 9.17) is 31.9 Å². The number of nitrogens with two attached hydrogens (primary N) is 1. The quantitative estimate of drug-likeness (QED) is 0.714. The van der Waals surface area contributed by atoms with Crippen LogP contribution in [0.3, 0.4) is 0 Å². The number of aliphatic carboxylic acids is 1. The standard InChI is InChI=1S/C14H19ClN2O5/c1-14(2,3)22-13(20)17-10(12(18)19)7-21-11-8(15)5-4-6-9(11)16/h4-6,10H,7,16H2,1-3H3,(H,17,20)(H,18,19). The number of carboxylic acid groups (broad SMARTS) is 1. The molecule has 4 N–H and O–H groups in total. The lowest BCUT2D eigenvalue weighted by atomic mass is 10.2. The summed E-state index contributed by atoms with van der Waals surface area (Å²) in [6.07, 6.45) is -0.851. The molecular weight excluding hydrogens is 312 g/mol. The normalized spacial score (nSPS) is 12.4. The van der Waals surface area contributed by atoms with Crippen molar-refractivity contribution in [1.29, 1.82) is 0 Å². The number of anilines is 1. The highest BCUT2D eigenvalue weighted by atomic mass is 35.5. The summed E-state index contributed by atoms with van der Waals surface area (Å²) in [6, 6.07) is 3.46. The second-order valence-electron chi connectivity index (χ2n) is 5.51. The number of amides is 1. The number of ether oxygens (including phenoxy) is 2. The Labute approximate surface area is 133 Å².